The molecule has 1 aliphatic rings. The van der Waals surface area contributed by atoms with Gasteiger partial charge in [0, 0.05) is 7.05 Å². The Kier molecular flexibility index (Phi) is 2.52. The van der Waals surface area contributed by atoms with Gasteiger partial charge in [0.05, 0.1) is 0 Å². The van der Waals surface area contributed by atoms with Crippen LogP contribution in [0.5, 0.6) is 0 Å². The minimum absolute atomic E-state index is 0.00468. The first-order chi connectivity index (χ1) is 5.27. The smallest absolute Gasteiger partial charge is 0.354 e. The molecule has 1 heterocycles. The van der Waals surface area contributed by atoms with Gasteiger partial charge in [-0.1, -0.05) is 13.3 Å². The van der Waals surface area contributed by atoms with E-state index >= 15 is 0 Å². The predicted octanol–water partition coefficient (Wildman–Crippen LogP) is 0.815. The van der Waals surface area contributed by atoms with Crippen LogP contribution in [0.1, 0.15) is 19.8 Å². The van der Waals surface area contributed by atoms with Crippen molar-refractivity contribution in [3.05, 3.63) is 11.8 Å². The van der Waals surface area contributed by atoms with Crippen molar-refractivity contribution in [2.75, 3.05) is 7.05 Å². The summed E-state index contributed by atoms with van der Waals surface area (Å²) >= 11 is 0. The lowest BCUT2D eigenvalue weighted by Gasteiger charge is -2.03. The van der Waals surface area contributed by atoms with E-state index in [0.29, 0.717) is 5.70 Å². The summed E-state index contributed by atoms with van der Waals surface area (Å²) in [4.78, 5) is 10.9. The summed E-state index contributed by atoms with van der Waals surface area (Å²) in [5, 5.41) is 2.79. The molecule has 0 bridgehead atoms. The number of nitrogens with one attached hydrogen (secondary N) is 1. The summed E-state index contributed by atoms with van der Waals surface area (Å²) in [6.07, 6.45) is 3.78. The molecule has 1 atom stereocenters. The highest BCUT2D eigenvalue weighted by atomic mass is 16.5. The van der Waals surface area contributed by atoms with E-state index in [1.165, 1.54) is 0 Å². The number of cyclic esters (lactones) is 1. The molecule has 0 amide bonds. The fourth-order valence-electron chi connectivity index (χ4n) is 1.10. The van der Waals surface area contributed by atoms with E-state index in [4.69, 9.17) is 4.74 Å². The highest BCUT2D eigenvalue weighted by Gasteiger charge is 2.23. The molecule has 0 saturated heterocycles. The number of ether oxygens (including phenoxy) is 1. The zero-order valence-electron chi connectivity index (χ0n) is 6.89. The third-order valence-electron chi connectivity index (χ3n) is 1.67. The van der Waals surface area contributed by atoms with E-state index in [2.05, 4.69) is 12.2 Å². The van der Waals surface area contributed by atoms with Gasteiger partial charge in [-0.3, -0.25) is 0 Å². The van der Waals surface area contributed by atoms with Crippen LogP contribution in [0, 0.1) is 0 Å². The molecule has 0 aromatic heterocycles. The van der Waals surface area contributed by atoms with Gasteiger partial charge in [-0.15, -0.1) is 0 Å². The van der Waals surface area contributed by atoms with E-state index in [-0.39, 0.29) is 12.1 Å². The minimum atomic E-state index is -0.231. The van der Waals surface area contributed by atoms with Gasteiger partial charge < -0.3 is 10.1 Å². The van der Waals surface area contributed by atoms with Crippen LogP contribution in [-0.2, 0) is 9.53 Å². The maximum absolute atomic E-state index is 10.9. The van der Waals surface area contributed by atoms with Gasteiger partial charge in [0.15, 0.2) is 0 Å². The fourth-order valence-corrected chi connectivity index (χ4v) is 1.10. The highest BCUT2D eigenvalue weighted by molar-refractivity contribution is 5.90. The number of hydrogen-bond acceptors (Lipinski definition) is 3. The first kappa shape index (κ1) is 8.11. The SMILES string of the molecule is CCCC1C=C(NC)C(=O)O1. The topological polar surface area (TPSA) is 38.3 Å². The lowest BCUT2D eigenvalue weighted by molar-refractivity contribution is -0.140. The molecule has 62 valence electrons. The Balaban J connectivity index is 2.52. The van der Waals surface area contributed by atoms with Crippen LogP contribution in [0.2, 0.25) is 0 Å². The predicted molar refractivity (Wildman–Crippen MR) is 41.9 cm³/mol. The van der Waals surface area contributed by atoms with Crippen LogP contribution in [0.25, 0.3) is 0 Å². The molecule has 1 aliphatic heterocycles. The van der Waals surface area contributed by atoms with E-state index in [0.717, 1.165) is 12.8 Å². The third-order valence-corrected chi connectivity index (χ3v) is 1.67. The van der Waals surface area contributed by atoms with Gasteiger partial charge >= 0.3 is 5.97 Å². The molecule has 0 saturated carbocycles. The standard InChI is InChI=1S/C8H13NO2/c1-3-4-6-5-7(9-2)8(10)11-6/h5-6,9H,3-4H2,1-2H3. The molecule has 0 spiro atoms. The van der Waals surface area contributed by atoms with Gasteiger partial charge in [0.2, 0.25) is 0 Å². The summed E-state index contributed by atoms with van der Waals surface area (Å²) in [7, 11) is 1.72. The summed E-state index contributed by atoms with van der Waals surface area (Å²) in [5.74, 6) is -0.231. The van der Waals surface area contributed by atoms with Crippen LogP contribution in [0.15, 0.2) is 11.8 Å². The molecular formula is C8H13NO2. The van der Waals surface area contributed by atoms with Crippen molar-refractivity contribution in [1.82, 2.24) is 5.32 Å². The monoisotopic (exact) mass is 155 g/mol. The van der Waals surface area contributed by atoms with Crippen LogP contribution < -0.4 is 5.32 Å². The Labute approximate surface area is 66.4 Å². The lowest BCUT2D eigenvalue weighted by Crippen LogP contribution is -2.13. The van der Waals surface area contributed by atoms with Crippen LogP contribution in [-0.4, -0.2) is 19.1 Å². The van der Waals surface area contributed by atoms with Gasteiger partial charge in [0.1, 0.15) is 11.8 Å². The number of hydrogen-bond donors (Lipinski definition) is 1. The second kappa shape index (κ2) is 3.42. The normalized spacial score (nSPS) is 22.9. The molecular weight excluding hydrogens is 142 g/mol. The molecule has 1 unspecified atom stereocenters. The Morgan fingerprint density at radius 2 is 2.45 bits per heavy atom. The van der Waals surface area contributed by atoms with Gasteiger partial charge in [-0.05, 0) is 12.5 Å². The zero-order valence-corrected chi connectivity index (χ0v) is 6.89. The molecule has 1 rings (SSSR count). The van der Waals surface area contributed by atoms with Crippen molar-refractivity contribution in [2.24, 2.45) is 0 Å². The maximum Gasteiger partial charge on any atom is 0.354 e. The summed E-state index contributed by atoms with van der Waals surface area (Å²) < 4.78 is 5.01. The molecule has 1 N–H and O–H groups in total. The number of likely N-dealkylation sites (N-methyl/N-ethyl adjacent to an activating group) is 1. The van der Waals surface area contributed by atoms with Gasteiger partial charge in [-0.25, -0.2) is 4.79 Å². The molecule has 3 nitrogen and oxygen atoms in total. The van der Waals surface area contributed by atoms with E-state index < -0.39 is 0 Å². The van der Waals surface area contributed by atoms with Crippen LogP contribution in [0.3, 0.4) is 0 Å². The van der Waals surface area contributed by atoms with Gasteiger partial charge in [0.25, 0.3) is 0 Å². The first-order valence-corrected chi connectivity index (χ1v) is 3.88. The fraction of sp³-hybridized carbons (Fsp3) is 0.625. The number of rotatable bonds is 3. The number of carbonyl (C=O) groups is 1. The van der Waals surface area contributed by atoms with Gasteiger partial charge in [-0.2, -0.15) is 0 Å². The summed E-state index contributed by atoms with van der Waals surface area (Å²) in [6, 6.07) is 0. The second-order valence-corrected chi connectivity index (χ2v) is 2.56. The molecule has 0 aliphatic carbocycles. The Bertz CT molecular complexity index is 187. The third kappa shape index (κ3) is 1.73. The first-order valence-electron chi connectivity index (χ1n) is 3.88. The van der Waals surface area contributed by atoms with Crippen molar-refractivity contribution in [2.45, 2.75) is 25.9 Å². The molecule has 0 radical (unpaired) electrons. The van der Waals surface area contributed by atoms with E-state index in [1.54, 1.807) is 7.05 Å². The van der Waals surface area contributed by atoms with Crippen molar-refractivity contribution >= 4 is 5.97 Å². The van der Waals surface area contributed by atoms with Crippen LogP contribution in [0.4, 0.5) is 0 Å². The maximum atomic E-state index is 10.9. The minimum Gasteiger partial charge on any atom is -0.453 e. The average molecular weight is 155 g/mol. The van der Waals surface area contributed by atoms with Crippen molar-refractivity contribution < 1.29 is 9.53 Å². The number of carbonyl (C=O) groups excluding carboxylic acids is 1. The van der Waals surface area contributed by atoms with Crippen molar-refractivity contribution in [3.8, 4) is 0 Å². The van der Waals surface area contributed by atoms with Crippen molar-refractivity contribution in [1.29, 1.82) is 0 Å². The average Bonchev–Trinajstić information content (AvgIpc) is 2.32. The van der Waals surface area contributed by atoms with Crippen LogP contribution >= 0.6 is 0 Å². The zero-order chi connectivity index (χ0) is 8.27. The lowest BCUT2D eigenvalue weighted by atomic mass is 10.2. The summed E-state index contributed by atoms with van der Waals surface area (Å²) in [6.45, 7) is 2.07. The molecule has 0 fully saturated rings. The quantitative estimate of drug-likeness (QED) is 0.613. The van der Waals surface area contributed by atoms with E-state index in [1.807, 2.05) is 6.08 Å². The Hall–Kier alpha value is -0.990. The highest BCUT2D eigenvalue weighted by Crippen LogP contribution is 2.14. The molecule has 3 heteroatoms. The molecule has 11 heavy (non-hydrogen) atoms. The Morgan fingerprint density at radius 1 is 1.73 bits per heavy atom. The second-order valence-electron chi connectivity index (χ2n) is 2.56. The van der Waals surface area contributed by atoms with E-state index in [9.17, 15) is 4.79 Å². The number of esters is 1. The molecule has 0 aromatic carbocycles. The Morgan fingerprint density at radius 3 is 2.91 bits per heavy atom. The largest absolute Gasteiger partial charge is 0.453 e. The summed E-state index contributed by atoms with van der Waals surface area (Å²) in [5.41, 5.74) is 0.587. The molecule has 0 aromatic rings. The van der Waals surface area contributed by atoms with Crippen molar-refractivity contribution in [3.63, 3.8) is 0 Å².